The molecule has 0 aliphatic heterocycles. The number of H-pyrrole nitrogens is 4. The second-order valence-corrected chi connectivity index (χ2v) is 36.5. The molecule has 24 nitrogen and oxygen atoms in total. The number of carbonyl (C=O) groups is 8. The van der Waals surface area contributed by atoms with Gasteiger partial charge in [0.15, 0.2) is 0 Å². The smallest absolute Gasteiger partial charge is 0.268 e. The number of carbonyl (C=O) groups excluding carboxylic acids is 8. The number of rotatable bonds is 64. The molecule has 0 spiro atoms. The van der Waals surface area contributed by atoms with Crippen LogP contribution in [0.1, 0.15) is 385 Å². The van der Waals surface area contributed by atoms with Gasteiger partial charge in [-0.3, -0.25) is 38.4 Å². The van der Waals surface area contributed by atoms with E-state index in [0.717, 1.165) is 91.6 Å². The predicted octanol–water partition coefficient (Wildman–Crippen LogP) is 21.5. The highest BCUT2D eigenvalue weighted by molar-refractivity contribution is 6.31. The summed E-state index contributed by atoms with van der Waals surface area (Å²) in [4.78, 5) is 112. The van der Waals surface area contributed by atoms with Crippen LogP contribution in [0.5, 0.6) is 0 Å². The molecule has 16 N–H and O–H groups in total. The van der Waals surface area contributed by atoms with Crippen molar-refractivity contribution >= 4 is 102 Å². The Morgan fingerprint density at radius 2 is 0.553 bits per heavy atom. The number of hydrogen-bond acceptors (Lipinski definition) is 12. The minimum absolute atomic E-state index is 0.138. The number of aryl methyl sites for hydroxylation is 1. The van der Waals surface area contributed by atoms with Crippen molar-refractivity contribution in [3.8, 4) is 0 Å². The zero-order valence-corrected chi connectivity index (χ0v) is 81.7. The molecule has 0 saturated heterocycles. The zero-order chi connectivity index (χ0) is 96.2. The molecule has 4 aromatic carbocycles. The van der Waals surface area contributed by atoms with Crippen LogP contribution >= 0.6 is 11.6 Å². The average molecular weight is 1860 g/mol. The van der Waals surface area contributed by atoms with E-state index in [1.165, 1.54) is 276 Å². The van der Waals surface area contributed by atoms with Gasteiger partial charge in [0, 0.05) is 74.8 Å². The first kappa shape index (κ1) is 113. The van der Waals surface area contributed by atoms with E-state index in [0.29, 0.717) is 64.4 Å². The third-order valence-corrected chi connectivity index (χ3v) is 24.3. The maximum Gasteiger partial charge on any atom is 0.268 e. The number of fused-ring (bicyclic) bond motifs is 4. The zero-order valence-electron chi connectivity index (χ0n) is 81.0. The van der Waals surface area contributed by atoms with Crippen LogP contribution in [0.2, 0.25) is 5.02 Å². The Morgan fingerprint density at radius 1 is 0.303 bits per heavy atom. The fraction of sp³-hybridized carbons (Fsp3) is 0.619. The molecule has 8 rings (SSSR count). The molecule has 0 saturated carbocycles. The lowest BCUT2D eigenvalue weighted by Crippen LogP contribution is -2.52. The maximum atomic E-state index is 13.9. The van der Waals surface area contributed by atoms with Gasteiger partial charge >= 0.3 is 0 Å². The Labute approximate surface area is 789 Å². The SMILES string of the molecule is CCCCCCCCCCCCCNC(=O)[C@@H](NC(=O)c1cc2c(F)cccc2[nH]1)[C@@H](C)O.CCCCCCCCCCCCCNC(=O)[C@@H](NC(=O)c1cc2cc(C)ccc2[nH]1)[C@@H](C)O.CCCCCCCCCCCCCNC(=O)[C@@H](NC(=O)c1cc2cc(Cl)ccc2[nH]1)[C@@H](C)O.CCCCCCCCCCCCCNC(=O)[C@@H](NC(=O)c1cc2cc(F)ccc2[nH]1)[C@@H](C)O. The molecule has 8 atom stereocenters. The van der Waals surface area contributed by atoms with Crippen molar-refractivity contribution in [1.29, 1.82) is 0 Å². The van der Waals surface area contributed by atoms with E-state index in [2.05, 4.69) is 90.2 Å². The van der Waals surface area contributed by atoms with Crippen molar-refractivity contribution in [2.24, 2.45) is 0 Å². The molecule has 0 unspecified atom stereocenters. The van der Waals surface area contributed by atoms with E-state index >= 15 is 0 Å². The molecule has 0 aliphatic carbocycles. The van der Waals surface area contributed by atoms with E-state index in [1.54, 1.807) is 48.5 Å². The number of nitrogens with one attached hydrogen (secondary N) is 12. The summed E-state index contributed by atoms with van der Waals surface area (Å²) in [6.45, 7) is 19.0. The summed E-state index contributed by atoms with van der Waals surface area (Å²) in [5.41, 5.74) is 4.90. The quantitative estimate of drug-likeness (QED) is 0.0158. The van der Waals surface area contributed by atoms with Crippen LogP contribution < -0.4 is 42.5 Å². The number of amides is 8. The van der Waals surface area contributed by atoms with Gasteiger partial charge in [-0.1, -0.05) is 314 Å². The fourth-order valence-electron chi connectivity index (χ4n) is 16.0. The molecule has 0 radical (unpaired) electrons. The summed E-state index contributed by atoms with van der Waals surface area (Å²) in [6, 6.07) is 22.1. The van der Waals surface area contributed by atoms with E-state index in [1.807, 2.05) is 25.1 Å². The Morgan fingerprint density at radius 3 is 0.841 bits per heavy atom. The molecule has 132 heavy (non-hydrogen) atoms. The third kappa shape index (κ3) is 45.2. The van der Waals surface area contributed by atoms with Gasteiger partial charge in [-0.25, -0.2) is 8.78 Å². The van der Waals surface area contributed by atoms with Gasteiger partial charge in [-0.15, -0.1) is 0 Å². The first-order valence-electron chi connectivity index (χ1n) is 50.2. The van der Waals surface area contributed by atoms with E-state index in [4.69, 9.17) is 11.6 Å². The van der Waals surface area contributed by atoms with Crippen LogP contribution in [0.25, 0.3) is 43.6 Å². The summed E-state index contributed by atoms with van der Waals surface area (Å²) < 4.78 is 27.2. The highest BCUT2D eigenvalue weighted by Crippen LogP contribution is 2.25. The minimum Gasteiger partial charge on any atom is -0.391 e. The van der Waals surface area contributed by atoms with Crippen molar-refractivity contribution in [1.82, 2.24) is 62.5 Å². The highest BCUT2D eigenvalue weighted by atomic mass is 35.5. The molecule has 0 aliphatic rings. The molecule has 27 heteroatoms. The molecule has 8 aromatic rings. The highest BCUT2D eigenvalue weighted by Gasteiger charge is 2.31. The summed E-state index contributed by atoms with van der Waals surface area (Å²) in [5.74, 6) is -4.32. The van der Waals surface area contributed by atoms with Gasteiger partial charge in [-0.05, 0) is 145 Å². The van der Waals surface area contributed by atoms with Crippen LogP contribution in [-0.2, 0) is 19.2 Å². The summed E-state index contributed by atoms with van der Waals surface area (Å²) in [5, 5.41) is 65.1. The lowest BCUT2D eigenvalue weighted by molar-refractivity contribution is -0.126. The number of hydrogen-bond donors (Lipinski definition) is 16. The van der Waals surface area contributed by atoms with Crippen molar-refractivity contribution in [3.05, 3.63) is 142 Å². The summed E-state index contributed by atoms with van der Waals surface area (Å²) >= 11 is 6.00. The largest absolute Gasteiger partial charge is 0.391 e. The molecule has 0 bridgehead atoms. The third-order valence-electron chi connectivity index (χ3n) is 24.1. The van der Waals surface area contributed by atoms with Gasteiger partial charge in [0.2, 0.25) is 23.6 Å². The molecule has 736 valence electrons. The van der Waals surface area contributed by atoms with E-state index < -0.39 is 95.7 Å². The second-order valence-electron chi connectivity index (χ2n) is 36.1. The standard InChI is InChI=1S/C27H43N3O3.C26H40ClN3O3.2C26H40FN3O3/c1-4-5-6-7-8-9-10-11-12-13-14-17-28-27(33)25(21(3)31)30-26(32)24-19-22-18-20(2)15-16-23(22)29-24;1-3-4-5-6-7-8-9-10-11-12-13-16-28-26(33)24(19(2)31)30-25(32)23-18-20-17-21(27)14-15-22(20)29-23;1-3-4-5-6-7-8-9-10-11-12-13-17-28-26(33)24(19(2)31)30-25(32)23-18-20-21(27)15-14-16-22(20)29-23;1-3-4-5-6-7-8-9-10-11-12-13-16-28-26(33)24(19(2)31)30-25(32)23-18-20-17-21(27)14-15-22(20)29-23/h15-16,18-19,21,25,29,31H,4-14,17H2,1-3H3,(H,28,33)(H,30,32);14-15,17-19,24,29,31H,3-13,16H2,1-2H3,(H,28,33)(H,30,32);14-16,18-19,24,29,31H,3-13,17H2,1-2H3,(H,28,33)(H,30,32);14-15,17-19,24,29,31H,3-13,16H2,1-2H3,(H,28,33)(H,30,32)/t21-,25+;3*19-,24+/m1111/s1. The van der Waals surface area contributed by atoms with Crippen molar-refractivity contribution < 1.29 is 67.6 Å². The number of aromatic amines is 4. The van der Waals surface area contributed by atoms with Crippen LogP contribution in [0.4, 0.5) is 8.78 Å². The Kier molecular flexibility index (Phi) is 57.6. The summed E-state index contributed by atoms with van der Waals surface area (Å²) in [7, 11) is 0. The van der Waals surface area contributed by atoms with E-state index in [-0.39, 0.29) is 23.2 Å². The molecular weight excluding hydrogens is 1690 g/mol. The van der Waals surface area contributed by atoms with Gasteiger partial charge in [-0.2, -0.15) is 0 Å². The van der Waals surface area contributed by atoms with Gasteiger partial charge in [0.25, 0.3) is 23.6 Å². The van der Waals surface area contributed by atoms with Gasteiger partial charge in [0.05, 0.1) is 24.4 Å². The van der Waals surface area contributed by atoms with Crippen LogP contribution in [0.15, 0.2) is 97.1 Å². The fourth-order valence-corrected chi connectivity index (χ4v) is 16.2. The molecule has 4 aromatic heterocycles. The van der Waals surface area contributed by atoms with Gasteiger partial charge < -0.3 is 82.9 Å². The van der Waals surface area contributed by atoms with E-state index in [9.17, 15) is 67.6 Å². The normalized spacial score (nSPS) is 13.1. The van der Waals surface area contributed by atoms with Gasteiger partial charge in [0.1, 0.15) is 58.6 Å². The topological polar surface area (TPSA) is 377 Å². The lowest BCUT2D eigenvalue weighted by atomic mass is 10.1. The lowest BCUT2D eigenvalue weighted by Gasteiger charge is -2.20. The van der Waals surface area contributed by atoms with Crippen LogP contribution in [-0.4, -0.2) is 162 Å². The second kappa shape index (κ2) is 67.1. The molecule has 8 amide bonds. The van der Waals surface area contributed by atoms with Crippen molar-refractivity contribution in [3.63, 3.8) is 0 Å². The number of aliphatic hydroxyl groups is 4. The first-order chi connectivity index (χ1) is 63.7. The number of benzene rings is 4. The molecular formula is C105H163ClF2N12O12. The maximum absolute atomic E-state index is 13.9. The first-order valence-corrected chi connectivity index (χ1v) is 50.6. The Hall–Kier alpha value is -9.21. The number of unbranched alkanes of at least 4 members (excludes halogenated alkanes) is 40. The molecule has 0 fully saturated rings. The van der Waals surface area contributed by atoms with Crippen molar-refractivity contribution in [2.75, 3.05) is 26.2 Å². The molecule has 4 heterocycles. The van der Waals surface area contributed by atoms with Crippen LogP contribution in [0, 0.1) is 18.6 Å². The average Bonchev–Trinajstić information content (AvgIpc) is 1.71. The minimum atomic E-state index is -1.08. The monoisotopic (exact) mass is 1860 g/mol. The number of aromatic nitrogens is 4. The Balaban J connectivity index is 0.000000311. The predicted molar refractivity (Wildman–Crippen MR) is 532 cm³/mol. The summed E-state index contributed by atoms with van der Waals surface area (Å²) in [6.07, 6.45) is 50.4. The van der Waals surface area contributed by atoms with Crippen molar-refractivity contribution in [2.45, 2.75) is 393 Å². The Bertz CT molecular complexity index is 4260. The number of halogens is 3. The number of aliphatic hydroxyl groups excluding tert-OH is 4. The van der Waals surface area contributed by atoms with Crippen LogP contribution in [0.3, 0.4) is 0 Å².